The Balaban J connectivity index is 0. The van der Waals surface area contributed by atoms with Crippen molar-refractivity contribution in [1.82, 2.24) is 10.6 Å². The lowest BCUT2D eigenvalue weighted by molar-refractivity contribution is 0.0776. The van der Waals surface area contributed by atoms with E-state index < -0.39 is 0 Å². The summed E-state index contributed by atoms with van der Waals surface area (Å²) in [6, 6.07) is 0. The highest BCUT2D eigenvalue weighted by Crippen LogP contribution is 1.89. The van der Waals surface area contributed by atoms with Gasteiger partial charge in [0.15, 0.2) is 5.96 Å². The molecule has 2 N–H and O–H groups in total. The summed E-state index contributed by atoms with van der Waals surface area (Å²) in [5.74, 6) is 0.887. The van der Waals surface area contributed by atoms with Crippen LogP contribution in [-0.2, 0) is 4.74 Å². The summed E-state index contributed by atoms with van der Waals surface area (Å²) in [7, 11) is 1.80. The Bertz CT molecular complexity index is 187. The van der Waals surface area contributed by atoms with E-state index in [0.29, 0.717) is 6.10 Å². The molecule has 0 radical (unpaired) electrons. The second-order valence-corrected chi connectivity index (χ2v) is 4.05. The number of nitrogens with one attached hydrogen (secondary N) is 2. The summed E-state index contributed by atoms with van der Waals surface area (Å²) in [5.41, 5.74) is 0. The van der Waals surface area contributed by atoms with Crippen LogP contribution in [-0.4, -0.2) is 38.8 Å². The number of aliphatic imine (C=N–C) groups is 1. The van der Waals surface area contributed by atoms with Gasteiger partial charge in [-0.25, -0.2) is 0 Å². The Morgan fingerprint density at radius 2 is 1.76 bits per heavy atom. The standard InChI is InChI=1S/C12H27N3O.HI/c1-5-6-8-14-12(13-4)15-9-7-10-16-11(2)3;/h11H,5-10H2,1-4H3,(H2,13,14,15);1H. The summed E-state index contributed by atoms with van der Waals surface area (Å²) in [4.78, 5) is 4.15. The number of halogens is 1. The fourth-order valence-corrected chi connectivity index (χ4v) is 1.20. The van der Waals surface area contributed by atoms with Crippen molar-refractivity contribution < 1.29 is 4.74 Å². The fraction of sp³-hybridized carbons (Fsp3) is 0.917. The first-order valence-corrected chi connectivity index (χ1v) is 6.26. The third-order valence-corrected chi connectivity index (χ3v) is 2.11. The van der Waals surface area contributed by atoms with Gasteiger partial charge in [-0.2, -0.15) is 0 Å². The summed E-state index contributed by atoms with van der Waals surface area (Å²) in [6.45, 7) is 8.98. The van der Waals surface area contributed by atoms with Gasteiger partial charge in [-0.05, 0) is 26.7 Å². The van der Waals surface area contributed by atoms with Crippen LogP contribution in [0.5, 0.6) is 0 Å². The number of hydrogen-bond donors (Lipinski definition) is 2. The average molecular weight is 357 g/mol. The minimum absolute atomic E-state index is 0. The molecule has 0 bridgehead atoms. The highest BCUT2D eigenvalue weighted by Gasteiger charge is 1.96. The minimum Gasteiger partial charge on any atom is -0.379 e. The van der Waals surface area contributed by atoms with Gasteiger partial charge < -0.3 is 15.4 Å². The van der Waals surface area contributed by atoms with Crippen LogP contribution in [0.25, 0.3) is 0 Å². The van der Waals surface area contributed by atoms with Crippen molar-refractivity contribution in [2.75, 3.05) is 26.7 Å². The zero-order valence-corrected chi connectivity index (χ0v) is 13.9. The van der Waals surface area contributed by atoms with Crippen molar-refractivity contribution in [3.63, 3.8) is 0 Å². The third-order valence-electron chi connectivity index (χ3n) is 2.11. The molecular formula is C12H28IN3O. The lowest BCUT2D eigenvalue weighted by Gasteiger charge is -2.12. The normalized spacial score (nSPS) is 11.2. The maximum Gasteiger partial charge on any atom is 0.190 e. The third kappa shape index (κ3) is 13.9. The van der Waals surface area contributed by atoms with E-state index in [-0.39, 0.29) is 24.0 Å². The second kappa shape index (κ2) is 14.0. The van der Waals surface area contributed by atoms with E-state index in [1.807, 2.05) is 0 Å². The molecule has 0 rings (SSSR count). The van der Waals surface area contributed by atoms with Crippen molar-refractivity contribution in [3.05, 3.63) is 0 Å². The molecule has 4 nitrogen and oxygen atoms in total. The van der Waals surface area contributed by atoms with E-state index in [2.05, 4.69) is 36.4 Å². The number of guanidine groups is 1. The largest absolute Gasteiger partial charge is 0.379 e. The van der Waals surface area contributed by atoms with E-state index in [4.69, 9.17) is 4.74 Å². The topological polar surface area (TPSA) is 45.7 Å². The number of unbranched alkanes of at least 4 members (excludes halogenated alkanes) is 1. The van der Waals surface area contributed by atoms with Crippen molar-refractivity contribution >= 4 is 29.9 Å². The lowest BCUT2D eigenvalue weighted by atomic mass is 10.3. The Morgan fingerprint density at radius 3 is 2.24 bits per heavy atom. The molecule has 0 heterocycles. The van der Waals surface area contributed by atoms with Gasteiger partial charge in [0.2, 0.25) is 0 Å². The zero-order chi connectivity index (χ0) is 12.2. The molecule has 0 saturated heterocycles. The maximum atomic E-state index is 5.46. The van der Waals surface area contributed by atoms with Crippen LogP contribution < -0.4 is 10.6 Å². The molecule has 104 valence electrons. The summed E-state index contributed by atoms with van der Waals surface area (Å²) in [6.07, 6.45) is 3.71. The molecule has 0 unspecified atom stereocenters. The average Bonchev–Trinajstić information content (AvgIpc) is 2.26. The first-order valence-electron chi connectivity index (χ1n) is 6.26. The molecular weight excluding hydrogens is 329 g/mol. The lowest BCUT2D eigenvalue weighted by Crippen LogP contribution is -2.38. The van der Waals surface area contributed by atoms with Crippen LogP contribution in [0.1, 0.15) is 40.0 Å². The van der Waals surface area contributed by atoms with E-state index >= 15 is 0 Å². The number of ether oxygens (including phenoxy) is 1. The van der Waals surface area contributed by atoms with Gasteiger partial charge in [0.1, 0.15) is 0 Å². The van der Waals surface area contributed by atoms with Crippen LogP contribution in [0, 0.1) is 0 Å². The summed E-state index contributed by atoms with van der Waals surface area (Å²) >= 11 is 0. The van der Waals surface area contributed by atoms with Crippen molar-refractivity contribution in [1.29, 1.82) is 0 Å². The number of nitrogens with zero attached hydrogens (tertiary/aromatic N) is 1. The molecule has 17 heavy (non-hydrogen) atoms. The zero-order valence-electron chi connectivity index (χ0n) is 11.6. The molecule has 0 saturated carbocycles. The van der Waals surface area contributed by atoms with E-state index in [0.717, 1.165) is 32.1 Å². The van der Waals surface area contributed by atoms with Crippen LogP contribution in [0.2, 0.25) is 0 Å². The van der Waals surface area contributed by atoms with Gasteiger partial charge in [-0.1, -0.05) is 13.3 Å². The van der Waals surface area contributed by atoms with E-state index in [1.54, 1.807) is 7.05 Å². The van der Waals surface area contributed by atoms with E-state index in [9.17, 15) is 0 Å². The van der Waals surface area contributed by atoms with Gasteiger partial charge >= 0.3 is 0 Å². The SMILES string of the molecule is CCCCNC(=NC)NCCCOC(C)C.I. The fourth-order valence-electron chi connectivity index (χ4n) is 1.20. The molecule has 0 aliphatic heterocycles. The van der Waals surface area contributed by atoms with Gasteiger partial charge in [0.05, 0.1) is 6.10 Å². The minimum atomic E-state index is 0. The van der Waals surface area contributed by atoms with Crippen LogP contribution in [0.15, 0.2) is 4.99 Å². The monoisotopic (exact) mass is 357 g/mol. The molecule has 0 aromatic rings. The molecule has 0 atom stereocenters. The second-order valence-electron chi connectivity index (χ2n) is 4.05. The summed E-state index contributed by atoms with van der Waals surface area (Å²) in [5, 5.41) is 6.53. The van der Waals surface area contributed by atoms with Gasteiger partial charge in [0, 0.05) is 26.7 Å². The van der Waals surface area contributed by atoms with Crippen molar-refractivity contribution in [2.45, 2.75) is 46.1 Å². The molecule has 5 heteroatoms. The molecule has 0 amide bonds. The molecule has 0 fully saturated rings. The number of rotatable bonds is 8. The molecule has 0 aliphatic carbocycles. The Kier molecular flexibility index (Phi) is 15.9. The van der Waals surface area contributed by atoms with Gasteiger partial charge in [0.25, 0.3) is 0 Å². The molecule has 0 spiro atoms. The highest BCUT2D eigenvalue weighted by atomic mass is 127. The molecule has 0 aromatic heterocycles. The first-order chi connectivity index (χ1) is 7.70. The first kappa shape index (κ1) is 19.3. The van der Waals surface area contributed by atoms with E-state index in [1.165, 1.54) is 12.8 Å². The Hall–Kier alpha value is -0.0400. The predicted octanol–water partition coefficient (Wildman–Crippen LogP) is 2.38. The highest BCUT2D eigenvalue weighted by molar-refractivity contribution is 14.0. The van der Waals surface area contributed by atoms with Crippen LogP contribution in [0.3, 0.4) is 0 Å². The van der Waals surface area contributed by atoms with Crippen LogP contribution in [0.4, 0.5) is 0 Å². The maximum absolute atomic E-state index is 5.46. The molecule has 0 aromatic carbocycles. The van der Waals surface area contributed by atoms with Crippen molar-refractivity contribution in [2.24, 2.45) is 4.99 Å². The smallest absolute Gasteiger partial charge is 0.190 e. The summed E-state index contributed by atoms with van der Waals surface area (Å²) < 4.78 is 5.46. The quantitative estimate of drug-likeness (QED) is 0.304. The Labute approximate surface area is 123 Å². The number of hydrogen-bond acceptors (Lipinski definition) is 2. The van der Waals surface area contributed by atoms with Crippen LogP contribution >= 0.6 is 24.0 Å². The molecule has 0 aliphatic rings. The van der Waals surface area contributed by atoms with Gasteiger partial charge in [-0.15, -0.1) is 24.0 Å². The predicted molar refractivity (Wildman–Crippen MR) is 85.4 cm³/mol. The Morgan fingerprint density at radius 1 is 1.18 bits per heavy atom. The van der Waals surface area contributed by atoms with Gasteiger partial charge in [-0.3, -0.25) is 4.99 Å². The van der Waals surface area contributed by atoms with Crippen molar-refractivity contribution in [3.8, 4) is 0 Å².